The summed E-state index contributed by atoms with van der Waals surface area (Å²) in [5, 5.41) is 9.01. The molecule has 1 N–H and O–H groups in total. The fourth-order valence-electron chi connectivity index (χ4n) is 2.46. The van der Waals surface area contributed by atoms with Gasteiger partial charge in [-0.1, -0.05) is 13.3 Å². The van der Waals surface area contributed by atoms with Gasteiger partial charge in [0.15, 0.2) is 0 Å². The summed E-state index contributed by atoms with van der Waals surface area (Å²) in [7, 11) is 0. The molecule has 1 saturated carbocycles. The molecule has 1 aliphatic rings. The van der Waals surface area contributed by atoms with E-state index in [1.807, 2.05) is 0 Å². The predicted octanol–water partition coefficient (Wildman–Crippen LogP) is 3.28. The van der Waals surface area contributed by atoms with Crippen LogP contribution in [0.3, 0.4) is 0 Å². The number of hydrogen-bond acceptors (Lipinski definition) is 2. The van der Waals surface area contributed by atoms with Crippen LogP contribution in [0.2, 0.25) is 0 Å². The number of hydrogen-bond donors (Lipinski definition) is 1. The van der Waals surface area contributed by atoms with Gasteiger partial charge >= 0.3 is 0 Å². The molecule has 0 radical (unpaired) electrons. The maximum absolute atomic E-state index is 13.3. The number of halogens is 1. The smallest absolute Gasteiger partial charge is 0.127 e. The molecular weight excluding hydrogens is 219 g/mol. The zero-order chi connectivity index (χ0) is 12.3. The van der Waals surface area contributed by atoms with Crippen LogP contribution in [0.25, 0.3) is 0 Å². The molecule has 0 aromatic heterocycles. The first-order valence-electron chi connectivity index (χ1n) is 6.24. The van der Waals surface area contributed by atoms with Crippen molar-refractivity contribution in [2.75, 3.05) is 0 Å². The van der Waals surface area contributed by atoms with Crippen molar-refractivity contribution in [3.05, 3.63) is 29.6 Å². The normalized spacial score (nSPS) is 24.6. The Hall–Kier alpha value is -1.09. The topological polar surface area (TPSA) is 29.5 Å². The second kappa shape index (κ2) is 5.50. The zero-order valence-electron chi connectivity index (χ0n) is 10.2. The van der Waals surface area contributed by atoms with Crippen LogP contribution < -0.4 is 4.74 Å². The van der Waals surface area contributed by atoms with Gasteiger partial charge in [0.05, 0.1) is 12.7 Å². The van der Waals surface area contributed by atoms with Gasteiger partial charge in [-0.15, -0.1) is 0 Å². The lowest BCUT2D eigenvalue weighted by molar-refractivity contribution is 0.128. The molecule has 0 amide bonds. The summed E-state index contributed by atoms with van der Waals surface area (Å²) >= 11 is 0. The molecular formula is C14H19FO2. The lowest BCUT2D eigenvalue weighted by Gasteiger charge is -2.27. The highest BCUT2D eigenvalue weighted by molar-refractivity contribution is 5.29. The summed E-state index contributed by atoms with van der Waals surface area (Å²) in [6, 6.07) is 4.43. The molecule has 2 nitrogen and oxygen atoms in total. The van der Waals surface area contributed by atoms with Crippen LogP contribution in [-0.2, 0) is 6.61 Å². The van der Waals surface area contributed by atoms with E-state index in [4.69, 9.17) is 9.84 Å². The molecule has 1 aromatic rings. The van der Waals surface area contributed by atoms with Crippen LogP contribution in [0, 0.1) is 11.7 Å². The second-order valence-electron chi connectivity index (χ2n) is 4.96. The Balaban J connectivity index is 2.04. The van der Waals surface area contributed by atoms with Crippen molar-refractivity contribution >= 4 is 0 Å². The van der Waals surface area contributed by atoms with E-state index >= 15 is 0 Å². The lowest BCUT2D eigenvalue weighted by Crippen LogP contribution is -2.24. The molecule has 0 aliphatic heterocycles. The van der Waals surface area contributed by atoms with E-state index in [9.17, 15) is 4.39 Å². The highest BCUT2D eigenvalue weighted by Gasteiger charge is 2.20. The van der Waals surface area contributed by atoms with Crippen molar-refractivity contribution in [1.29, 1.82) is 0 Å². The van der Waals surface area contributed by atoms with Crippen LogP contribution in [0.5, 0.6) is 5.75 Å². The Labute approximate surface area is 101 Å². The monoisotopic (exact) mass is 238 g/mol. The molecule has 2 rings (SSSR count). The molecule has 3 heteroatoms. The maximum Gasteiger partial charge on any atom is 0.127 e. The molecule has 17 heavy (non-hydrogen) atoms. The maximum atomic E-state index is 13.3. The third kappa shape index (κ3) is 3.43. The Bertz CT molecular complexity index is 378. The van der Waals surface area contributed by atoms with Crippen molar-refractivity contribution in [2.24, 2.45) is 5.92 Å². The van der Waals surface area contributed by atoms with Crippen molar-refractivity contribution in [3.8, 4) is 5.75 Å². The number of ether oxygens (including phenoxy) is 1. The SMILES string of the molecule is CC1CCCC(Oc2cc(F)cc(CO)c2)C1. The Kier molecular flexibility index (Phi) is 4.00. The molecule has 2 atom stereocenters. The van der Waals surface area contributed by atoms with E-state index in [-0.39, 0.29) is 18.5 Å². The van der Waals surface area contributed by atoms with Crippen molar-refractivity contribution < 1.29 is 14.2 Å². The molecule has 0 spiro atoms. The largest absolute Gasteiger partial charge is 0.490 e. The minimum Gasteiger partial charge on any atom is -0.490 e. The minimum atomic E-state index is -0.351. The highest BCUT2D eigenvalue weighted by Crippen LogP contribution is 2.28. The third-order valence-electron chi connectivity index (χ3n) is 3.30. The standard InChI is InChI=1S/C14H19FO2/c1-10-3-2-4-13(5-10)17-14-7-11(9-16)6-12(15)8-14/h6-8,10,13,16H,2-5,9H2,1H3. The van der Waals surface area contributed by atoms with Gasteiger partial charge in [-0.25, -0.2) is 4.39 Å². The first kappa shape index (κ1) is 12.4. The molecule has 2 unspecified atom stereocenters. The number of aliphatic hydroxyl groups is 1. The van der Waals surface area contributed by atoms with Crippen molar-refractivity contribution in [1.82, 2.24) is 0 Å². The quantitative estimate of drug-likeness (QED) is 0.875. The summed E-state index contributed by atoms with van der Waals surface area (Å²) in [5.74, 6) is 0.864. The number of rotatable bonds is 3. The molecule has 1 aliphatic carbocycles. The highest BCUT2D eigenvalue weighted by atomic mass is 19.1. The Morgan fingerprint density at radius 1 is 1.35 bits per heavy atom. The summed E-state index contributed by atoms with van der Waals surface area (Å²) in [6.45, 7) is 2.06. The van der Waals surface area contributed by atoms with Crippen molar-refractivity contribution in [2.45, 2.75) is 45.3 Å². The second-order valence-corrected chi connectivity index (χ2v) is 4.96. The van der Waals surface area contributed by atoms with E-state index in [0.29, 0.717) is 17.2 Å². The van der Waals surface area contributed by atoms with Gasteiger partial charge in [0.1, 0.15) is 11.6 Å². The lowest BCUT2D eigenvalue weighted by atomic mass is 9.89. The van der Waals surface area contributed by atoms with E-state index in [1.54, 1.807) is 6.07 Å². The Morgan fingerprint density at radius 2 is 2.18 bits per heavy atom. The molecule has 0 bridgehead atoms. The summed E-state index contributed by atoms with van der Waals surface area (Å²) in [4.78, 5) is 0. The predicted molar refractivity (Wildman–Crippen MR) is 64.4 cm³/mol. The average Bonchev–Trinajstić information content (AvgIpc) is 2.28. The van der Waals surface area contributed by atoms with Gasteiger partial charge in [-0.2, -0.15) is 0 Å². The van der Waals surface area contributed by atoms with Gasteiger partial charge in [0, 0.05) is 6.07 Å². The van der Waals surface area contributed by atoms with Crippen LogP contribution >= 0.6 is 0 Å². The van der Waals surface area contributed by atoms with Gasteiger partial charge in [0.2, 0.25) is 0 Å². The Morgan fingerprint density at radius 3 is 2.88 bits per heavy atom. The molecule has 1 aromatic carbocycles. The van der Waals surface area contributed by atoms with E-state index in [2.05, 4.69) is 6.92 Å². The summed E-state index contributed by atoms with van der Waals surface area (Å²) in [6.07, 6.45) is 4.69. The van der Waals surface area contributed by atoms with Gasteiger partial charge in [-0.05, 0) is 42.9 Å². The summed E-state index contributed by atoms with van der Waals surface area (Å²) < 4.78 is 19.1. The third-order valence-corrected chi connectivity index (χ3v) is 3.30. The van der Waals surface area contributed by atoms with Crippen LogP contribution in [0.1, 0.15) is 38.2 Å². The van der Waals surface area contributed by atoms with Gasteiger partial charge < -0.3 is 9.84 Å². The summed E-state index contributed by atoms with van der Waals surface area (Å²) in [5.41, 5.74) is 0.559. The zero-order valence-corrected chi connectivity index (χ0v) is 10.2. The molecule has 0 saturated heterocycles. The fraction of sp³-hybridized carbons (Fsp3) is 0.571. The van der Waals surface area contributed by atoms with Gasteiger partial charge in [0.25, 0.3) is 0 Å². The van der Waals surface area contributed by atoms with Crippen LogP contribution in [0.15, 0.2) is 18.2 Å². The average molecular weight is 238 g/mol. The molecule has 94 valence electrons. The number of benzene rings is 1. The fourth-order valence-corrected chi connectivity index (χ4v) is 2.46. The minimum absolute atomic E-state index is 0.158. The van der Waals surface area contributed by atoms with Crippen LogP contribution in [-0.4, -0.2) is 11.2 Å². The van der Waals surface area contributed by atoms with Crippen molar-refractivity contribution in [3.63, 3.8) is 0 Å². The number of aliphatic hydroxyl groups excluding tert-OH is 1. The van der Waals surface area contributed by atoms with Crippen LogP contribution in [0.4, 0.5) is 4.39 Å². The first-order valence-corrected chi connectivity index (χ1v) is 6.24. The van der Waals surface area contributed by atoms with E-state index in [0.717, 1.165) is 12.8 Å². The van der Waals surface area contributed by atoms with E-state index in [1.165, 1.54) is 25.0 Å². The van der Waals surface area contributed by atoms with E-state index < -0.39 is 0 Å². The molecule has 1 fully saturated rings. The van der Waals surface area contributed by atoms with Gasteiger partial charge in [-0.3, -0.25) is 0 Å². The molecule has 0 heterocycles. The first-order chi connectivity index (χ1) is 8.17.